The van der Waals surface area contributed by atoms with Crippen molar-refractivity contribution in [2.75, 3.05) is 13.2 Å². The summed E-state index contributed by atoms with van der Waals surface area (Å²) in [6, 6.07) is 0. The lowest BCUT2D eigenvalue weighted by molar-refractivity contribution is 0.0741. The molecule has 0 heterocycles. The van der Waals surface area contributed by atoms with E-state index in [1.54, 1.807) is 0 Å². The molecule has 2 unspecified atom stereocenters. The fourth-order valence-corrected chi connectivity index (χ4v) is 9.55. The summed E-state index contributed by atoms with van der Waals surface area (Å²) in [5.74, 6) is 1.46. The molecule has 59 heavy (non-hydrogen) atoms. The molecule has 0 rings (SSSR count). The van der Waals surface area contributed by atoms with Crippen LogP contribution in [0, 0.1) is 11.8 Å². The molecule has 0 aromatic rings. The van der Waals surface area contributed by atoms with E-state index in [1.165, 1.54) is 321 Å². The predicted octanol–water partition coefficient (Wildman–Crippen LogP) is 21.8. The zero-order valence-corrected chi connectivity index (χ0v) is 42.3. The van der Waals surface area contributed by atoms with Gasteiger partial charge in [0.25, 0.3) is 0 Å². The van der Waals surface area contributed by atoms with Crippen molar-refractivity contribution in [3.8, 4) is 0 Å². The summed E-state index contributed by atoms with van der Waals surface area (Å²) in [5.41, 5.74) is 0. The minimum Gasteiger partial charge on any atom is -0.381 e. The summed E-state index contributed by atoms with van der Waals surface area (Å²) < 4.78 is 6.17. The molecule has 0 spiro atoms. The van der Waals surface area contributed by atoms with E-state index >= 15 is 0 Å². The number of hydrogen-bond acceptors (Lipinski definition) is 1. The Morgan fingerprint density at radius 3 is 0.492 bits per heavy atom. The van der Waals surface area contributed by atoms with Gasteiger partial charge in [0.05, 0.1) is 0 Å². The second-order valence-corrected chi connectivity index (χ2v) is 20.6. The Kier molecular flexibility index (Phi) is 54.1. The van der Waals surface area contributed by atoms with Crippen molar-refractivity contribution in [2.45, 2.75) is 349 Å². The molecule has 0 aromatic carbocycles. The van der Waals surface area contributed by atoms with Gasteiger partial charge in [-0.1, -0.05) is 336 Å². The Morgan fingerprint density at radius 2 is 0.339 bits per heavy atom. The molecule has 2 atom stereocenters. The van der Waals surface area contributed by atoms with Crippen LogP contribution in [0.2, 0.25) is 0 Å². The molecule has 0 aliphatic rings. The number of ether oxygens (including phenoxy) is 1. The Hall–Kier alpha value is -0.0400. The summed E-state index contributed by atoms with van der Waals surface area (Å²) in [6.45, 7) is 11.4. The van der Waals surface area contributed by atoms with Crippen LogP contribution in [-0.4, -0.2) is 13.2 Å². The predicted molar refractivity (Wildman–Crippen MR) is 271 cm³/mol. The van der Waals surface area contributed by atoms with Crippen LogP contribution in [-0.2, 0) is 4.74 Å². The van der Waals surface area contributed by atoms with Gasteiger partial charge in [0.15, 0.2) is 0 Å². The highest BCUT2D eigenvalue weighted by Gasteiger charge is 2.07. The van der Waals surface area contributed by atoms with Gasteiger partial charge in [0.1, 0.15) is 0 Å². The first-order valence-electron chi connectivity index (χ1n) is 28.8. The average Bonchev–Trinajstić information content (AvgIpc) is 3.24. The SMILES string of the molecule is CCCCCCCCCCCCCCCCCCCCCCCCCCC(C)COCC(C)CCCCCCCCCCCCCCCCCCCCCCCCCC. The van der Waals surface area contributed by atoms with Gasteiger partial charge in [-0.05, 0) is 24.7 Å². The van der Waals surface area contributed by atoms with Crippen molar-refractivity contribution >= 4 is 0 Å². The number of hydrogen-bond donors (Lipinski definition) is 0. The minimum atomic E-state index is 0.728. The van der Waals surface area contributed by atoms with Gasteiger partial charge in [-0.25, -0.2) is 0 Å². The second-order valence-electron chi connectivity index (χ2n) is 20.6. The maximum atomic E-state index is 6.17. The van der Waals surface area contributed by atoms with E-state index in [2.05, 4.69) is 27.7 Å². The van der Waals surface area contributed by atoms with Crippen molar-refractivity contribution in [3.63, 3.8) is 0 Å². The molecule has 0 aliphatic heterocycles. The Balaban J connectivity index is 3.22. The van der Waals surface area contributed by atoms with Gasteiger partial charge in [-0.2, -0.15) is 0 Å². The zero-order valence-electron chi connectivity index (χ0n) is 42.3. The van der Waals surface area contributed by atoms with Crippen molar-refractivity contribution in [3.05, 3.63) is 0 Å². The summed E-state index contributed by atoms with van der Waals surface area (Å²) >= 11 is 0. The second kappa shape index (κ2) is 54.1. The smallest absolute Gasteiger partial charge is 0.0491 e. The lowest BCUT2D eigenvalue weighted by Crippen LogP contribution is -2.11. The van der Waals surface area contributed by atoms with E-state index in [-0.39, 0.29) is 0 Å². The largest absolute Gasteiger partial charge is 0.381 e. The molecule has 0 aliphatic carbocycles. The topological polar surface area (TPSA) is 9.23 Å². The molecule has 0 amide bonds. The first-order chi connectivity index (χ1) is 29.2. The van der Waals surface area contributed by atoms with Crippen LogP contribution in [0.3, 0.4) is 0 Å². The summed E-state index contributed by atoms with van der Waals surface area (Å²) in [4.78, 5) is 0. The van der Waals surface area contributed by atoms with E-state index in [4.69, 9.17) is 4.74 Å². The highest BCUT2D eigenvalue weighted by atomic mass is 16.5. The lowest BCUT2D eigenvalue weighted by Gasteiger charge is -2.15. The van der Waals surface area contributed by atoms with E-state index in [0.29, 0.717) is 0 Å². The molecule has 0 fully saturated rings. The Morgan fingerprint density at radius 1 is 0.203 bits per heavy atom. The summed E-state index contributed by atoms with van der Waals surface area (Å²) in [7, 11) is 0. The van der Waals surface area contributed by atoms with Crippen LogP contribution in [0.15, 0.2) is 0 Å². The van der Waals surface area contributed by atoms with Crippen LogP contribution in [0.4, 0.5) is 0 Å². The lowest BCUT2D eigenvalue weighted by atomic mass is 10.0. The molecule has 1 heteroatoms. The molecule has 0 aromatic heterocycles. The molecule has 0 saturated heterocycles. The quantitative estimate of drug-likeness (QED) is 0.0555. The molecular formula is C58H118O. The van der Waals surface area contributed by atoms with Crippen molar-refractivity contribution in [2.24, 2.45) is 11.8 Å². The van der Waals surface area contributed by atoms with E-state index in [9.17, 15) is 0 Å². The Labute approximate surface area is 377 Å². The minimum absolute atomic E-state index is 0.728. The monoisotopic (exact) mass is 831 g/mol. The van der Waals surface area contributed by atoms with Gasteiger partial charge in [0, 0.05) is 13.2 Å². The van der Waals surface area contributed by atoms with Crippen LogP contribution < -0.4 is 0 Å². The standard InChI is InChI=1S/C58H118O/c1-5-7-9-11-13-15-17-19-21-23-25-27-29-31-33-35-37-39-41-43-45-47-49-51-53-57(3)55-59-56-58(4)54-52-50-48-46-44-42-40-38-36-34-32-30-28-26-24-22-20-18-16-14-12-10-8-6-2/h57-58H,5-56H2,1-4H3. The van der Waals surface area contributed by atoms with Gasteiger partial charge >= 0.3 is 0 Å². The van der Waals surface area contributed by atoms with Crippen LogP contribution in [0.5, 0.6) is 0 Å². The maximum absolute atomic E-state index is 6.17. The fraction of sp³-hybridized carbons (Fsp3) is 1.00. The highest BCUT2D eigenvalue weighted by Crippen LogP contribution is 2.19. The van der Waals surface area contributed by atoms with Crippen LogP contribution in [0.25, 0.3) is 0 Å². The molecule has 356 valence electrons. The number of rotatable bonds is 54. The highest BCUT2D eigenvalue weighted by molar-refractivity contribution is 4.58. The molecule has 1 nitrogen and oxygen atoms in total. The average molecular weight is 832 g/mol. The van der Waals surface area contributed by atoms with Gasteiger partial charge < -0.3 is 4.74 Å². The first kappa shape index (κ1) is 59.0. The molecule has 0 saturated carbocycles. The molecule has 0 N–H and O–H groups in total. The van der Waals surface area contributed by atoms with Gasteiger partial charge in [-0.15, -0.1) is 0 Å². The van der Waals surface area contributed by atoms with Crippen LogP contribution in [0.1, 0.15) is 349 Å². The van der Waals surface area contributed by atoms with E-state index < -0.39 is 0 Å². The first-order valence-corrected chi connectivity index (χ1v) is 28.8. The molecule has 0 bridgehead atoms. The van der Waals surface area contributed by atoms with Crippen molar-refractivity contribution in [1.82, 2.24) is 0 Å². The number of unbranched alkanes of at least 4 members (excludes halogenated alkanes) is 46. The summed E-state index contributed by atoms with van der Waals surface area (Å²) in [5, 5.41) is 0. The van der Waals surface area contributed by atoms with Crippen molar-refractivity contribution in [1.29, 1.82) is 0 Å². The normalized spacial score (nSPS) is 12.8. The Bertz CT molecular complexity index is 643. The van der Waals surface area contributed by atoms with E-state index in [1.807, 2.05) is 0 Å². The van der Waals surface area contributed by atoms with E-state index in [0.717, 1.165) is 25.0 Å². The third-order valence-electron chi connectivity index (χ3n) is 13.9. The third kappa shape index (κ3) is 54.0. The summed E-state index contributed by atoms with van der Waals surface area (Å²) in [6.07, 6.45) is 73.2. The van der Waals surface area contributed by atoms with Gasteiger partial charge in [0.2, 0.25) is 0 Å². The maximum Gasteiger partial charge on any atom is 0.0491 e. The third-order valence-corrected chi connectivity index (χ3v) is 13.9. The van der Waals surface area contributed by atoms with Crippen molar-refractivity contribution < 1.29 is 4.74 Å². The molecular weight excluding hydrogens is 713 g/mol. The zero-order chi connectivity index (χ0) is 42.6. The van der Waals surface area contributed by atoms with Crippen LogP contribution >= 0.6 is 0 Å². The van der Waals surface area contributed by atoms with Gasteiger partial charge in [-0.3, -0.25) is 0 Å². The fourth-order valence-electron chi connectivity index (χ4n) is 9.55. The molecule has 0 radical (unpaired) electrons.